The Kier molecular flexibility index (Phi) is 9.08. The van der Waals surface area contributed by atoms with Gasteiger partial charge in [-0.05, 0) is 68.2 Å². The molecule has 4 aromatic rings. The summed E-state index contributed by atoms with van der Waals surface area (Å²) in [5.74, 6) is -0.270. The number of carbonyl (C=O) groups excluding carboxylic acids is 1. The fourth-order valence-corrected chi connectivity index (χ4v) is 6.55. The number of fused-ring (bicyclic) bond motifs is 1. The standard InChI is InChI=1S/C34H33B2ClFN5O2/c1-7-29(44)41-16-20(5)42(21(6)17-41)33-24-14-25(37)23(30-22(13-28(35)36)9-8-10-26(30)38)15-27(24)43(34(45)40-33)32-19(4)11-12-39-31(32)18(2)3/h7-15,18,20-21H,1,16-17H2,2-6H3/t20-,21-/m0/s1. The predicted octanol–water partition coefficient (Wildman–Crippen LogP) is 5.92. The molecule has 1 fully saturated rings. The zero-order chi connectivity index (χ0) is 32.7. The Morgan fingerprint density at radius 2 is 1.84 bits per heavy atom. The van der Waals surface area contributed by atoms with Gasteiger partial charge in [0.05, 0.1) is 32.6 Å². The molecule has 1 aliphatic rings. The molecule has 0 N–H and O–H groups in total. The number of halogens is 2. The maximum atomic E-state index is 15.6. The summed E-state index contributed by atoms with van der Waals surface area (Å²) in [6.07, 6.45) is 4.49. The first-order valence-corrected chi connectivity index (χ1v) is 15.1. The van der Waals surface area contributed by atoms with Gasteiger partial charge in [-0.1, -0.05) is 50.2 Å². The number of pyridine rings is 1. The summed E-state index contributed by atoms with van der Waals surface area (Å²) in [7, 11) is 11.6. The van der Waals surface area contributed by atoms with Gasteiger partial charge >= 0.3 is 5.69 Å². The highest BCUT2D eigenvalue weighted by Gasteiger charge is 2.34. The molecule has 3 heterocycles. The Morgan fingerprint density at radius 3 is 2.47 bits per heavy atom. The van der Waals surface area contributed by atoms with Gasteiger partial charge in [0.25, 0.3) is 0 Å². The van der Waals surface area contributed by atoms with Crippen LogP contribution in [-0.2, 0) is 4.79 Å². The molecule has 1 amide bonds. The van der Waals surface area contributed by atoms with Gasteiger partial charge in [-0.2, -0.15) is 10.4 Å². The second-order valence-corrected chi connectivity index (χ2v) is 12.2. The van der Waals surface area contributed by atoms with Crippen LogP contribution in [-0.4, -0.2) is 66.2 Å². The fraction of sp³-hybridized carbons (Fsp3) is 0.294. The van der Waals surface area contributed by atoms with E-state index in [0.717, 1.165) is 5.56 Å². The third-order valence-corrected chi connectivity index (χ3v) is 8.48. The van der Waals surface area contributed by atoms with E-state index in [1.807, 2.05) is 45.6 Å². The van der Waals surface area contributed by atoms with Gasteiger partial charge in [-0.25, -0.2) is 9.18 Å². The maximum Gasteiger partial charge on any atom is 0.354 e. The Balaban J connectivity index is 1.88. The van der Waals surface area contributed by atoms with Crippen LogP contribution in [0.1, 0.15) is 50.4 Å². The van der Waals surface area contributed by atoms with Crippen LogP contribution in [0.2, 0.25) is 5.02 Å². The molecule has 7 nitrogen and oxygen atoms in total. The van der Waals surface area contributed by atoms with Crippen LogP contribution in [0, 0.1) is 12.7 Å². The lowest BCUT2D eigenvalue weighted by molar-refractivity contribution is -0.127. The first-order valence-electron chi connectivity index (χ1n) is 14.8. The quantitative estimate of drug-likeness (QED) is 0.198. The van der Waals surface area contributed by atoms with E-state index in [9.17, 15) is 9.59 Å². The lowest BCUT2D eigenvalue weighted by Crippen LogP contribution is -2.58. The number of hydrogen-bond donors (Lipinski definition) is 0. The summed E-state index contributed by atoms with van der Waals surface area (Å²) < 4.78 is 17.1. The molecule has 0 saturated carbocycles. The Morgan fingerprint density at radius 1 is 1.16 bits per heavy atom. The van der Waals surface area contributed by atoms with Crippen LogP contribution in [0.4, 0.5) is 10.2 Å². The van der Waals surface area contributed by atoms with Gasteiger partial charge in [0.1, 0.15) is 11.6 Å². The number of rotatable bonds is 6. The molecule has 45 heavy (non-hydrogen) atoms. The minimum Gasteiger partial charge on any atom is -0.347 e. The molecular formula is C34H33B2ClFN5O2. The summed E-state index contributed by atoms with van der Waals surface area (Å²) in [6.45, 7) is 14.3. The van der Waals surface area contributed by atoms with E-state index in [1.165, 1.54) is 22.8 Å². The smallest absolute Gasteiger partial charge is 0.347 e. The molecule has 1 saturated heterocycles. The Hall–Kier alpha value is -4.17. The highest BCUT2D eigenvalue weighted by atomic mass is 35.5. The van der Waals surface area contributed by atoms with Crippen molar-refractivity contribution in [1.82, 2.24) is 19.4 Å². The zero-order valence-electron chi connectivity index (χ0n) is 26.0. The van der Waals surface area contributed by atoms with Gasteiger partial charge in [0.2, 0.25) is 5.91 Å². The van der Waals surface area contributed by atoms with E-state index in [-0.39, 0.29) is 39.9 Å². The lowest BCUT2D eigenvalue weighted by atomic mass is 9.77. The minimum absolute atomic E-state index is 0.00627. The van der Waals surface area contributed by atoms with Crippen LogP contribution in [0.3, 0.4) is 0 Å². The second-order valence-electron chi connectivity index (χ2n) is 11.8. The van der Waals surface area contributed by atoms with Crippen molar-refractivity contribution in [3.8, 4) is 16.8 Å². The summed E-state index contributed by atoms with van der Waals surface area (Å²) >= 11 is 6.98. The molecule has 2 atom stereocenters. The average molecular weight is 620 g/mol. The Labute approximate surface area is 270 Å². The molecular weight excluding hydrogens is 586 g/mol. The van der Waals surface area contributed by atoms with Crippen molar-refractivity contribution in [2.24, 2.45) is 0 Å². The number of piperazine rings is 1. The minimum atomic E-state index is -0.528. The van der Waals surface area contributed by atoms with Crippen molar-refractivity contribution in [1.29, 1.82) is 0 Å². The molecule has 1 aliphatic heterocycles. The van der Waals surface area contributed by atoms with Crippen LogP contribution in [0.25, 0.3) is 33.8 Å². The van der Waals surface area contributed by atoms with Crippen LogP contribution in [0.15, 0.2) is 65.4 Å². The lowest BCUT2D eigenvalue weighted by Gasteiger charge is -2.45. The summed E-state index contributed by atoms with van der Waals surface area (Å²) in [6, 6.07) is 9.49. The number of nitrogens with zero attached hydrogens (tertiary/aromatic N) is 5. The van der Waals surface area contributed by atoms with Gasteiger partial charge in [0, 0.05) is 52.9 Å². The first-order chi connectivity index (χ1) is 21.3. The number of amides is 1. The van der Waals surface area contributed by atoms with Crippen molar-refractivity contribution in [2.45, 2.75) is 52.6 Å². The molecule has 2 aromatic carbocycles. The number of aryl methyl sites for hydroxylation is 1. The van der Waals surface area contributed by atoms with Crippen molar-refractivity contribution < 1.29 is 9.18 Å². The molecule has 226 valence electrons. The summed E-state index contributed by atoms with van der Waals surface area (Å²) in [4.78, 5) is 39.8. The summed E-state index contributed by atoms with van der Waals surface area (Å²) in [5.41, 5.74) is 3.09. The highest BCUT2D eigenvalue weighted by Crippen LogP contribution is 2.40. The van der Waals surface area contributed by atoms with Gasteiger partial charge < -0.3 is 9.80 Å². The number of carbonyl (C=O) groups is 1. The van der Waals surface area contributed by atoms with E-state index in [4.69, 9.17) is 27.3 Å². The second kappa shape index (κ2) is 12.7. The first kappa shape index (κ1) is 32.2. The van der Waals surface area contributed by atoms with E-state index < -0.39 is 11.5 Å². The van der Waals surface area contributed by atoms with Gasteiger partial charge in [-0.3, -0.25) is 14.3 Å². The van der Waals surface area contributed by atoms with E-state index in [1.54, 1.807) is 35.4 Å². The monoisotopic (exact) mass is 619 g/mol. The third kappa shape index (κ3) is 5.96. The Bertz CT molecular complexity index is 1910. The fourth-order valence-electron chi connectivity index (χ4n) is 6.29. The van der Waals surface area contributed by atoms with Crippen molar-refractivity contribution in [3.63, 3.8) is 0 Å². The van der Waals surface area contributed by atoms with E-state index >= 15 is 4.39 Å². The molecule has 0 unspecified atom stereocenters. The number of aromatic nitrogens is 3. The molecule has 2 aromatic heterocycles. The van der Waals surface area contributed by atoms with E-state index in [0.29, 0.717) is 52.3 Å². The van der Waals surface area contributed by atoms with Crippen LogP contribution < -0.4 is 10.6 Å². The molecule has 4 radical (unpaired) electrons. The highest BCUT2D eigenvalue weighted by molar-refractivity contribution is 6.50. The largest absolute Gasteiger partial charge is 0.354 e. The van der Waals surface area contributed by atoms with Crippen LogP contribution >= 0.6 is 11.6 Å². The van der Waals surface area contributed by atoms with E-state index in [2.05, 4.69) is 16.5 Å². The number of benzene rings is 2. The topological polar surface area (TPSA) is 71.3 Å². The molecule has 5 rings (SSSR count). The number of hydrogen-bond acceptors (Lipinski definition) is 5. The molecule has 0 bridgehead atoms. The molecule has 11 heteroatoms. The SMILES string of the molecule is [B]C([B])=Cc1cccc(F)c1-c1cc2c(cc1Cl)c(N1[C@@H](C)CN(C(=O)C=C)C[C@@H]1C)nc(=O)n2-c1c(C)ccnc1C(C)C. The molecule has 0 aliphatic carbocycles. The van der Waals surface area contributed by atoms with Crippen LogP contribution in [0.5, 0.6) is 0 Å². The average Bonchev–Trinajstić information content (AvgIpc) is 2.97. The normalized spacial score (nSPS) is 16.7. The van der Waals surface area contributed by atoms with Crippen molar-refractivity contribution in [3.05, 3.63) is 98.8 Å². The van der Waals surface area contributed by atoms with Gasteiger partial charge in [0.15, 0.2) is 0 Å². The van der Waals surface area contributed by atoms with Crippen molar-refractivity contribution >= 4 is 56.0 Å². The van der Waals surface area contributed by atoms with Gasteiger partial charge in [-0.15, -0.1) is 0 Å². The molecule has 0 spiro atoms. The number of anilines is 1. The maximum absolute atomic E-state index is 15.6. The predicted molar refractivity (Wildman–Crippen MR) is 182 cm³/mol. The third-order valence-electron chi connectivity index (χ3n) is 8.17. The van der Waals surface area contributed by atoms with Crippen molar-refractivity contribution in [2.75, 3.05) is 18.0 Å². The zero-order valence-corrected chi connectivity index (χ0v) is 26.8. The summed E-state index contributed by atoms with van der Waals surface area (Å²) in [5, 5.41) is 0.848.